The summed E-state index contributed by atoms with van der Waals surface area (Å²) in [4.78, 5) is 14.3. The number of benzene rings is 2. The van der Waals surface area contributed by atoms with E-state index >= 15 is 0 Å². The molecule has 0 saturated carbocycles. The minimum Gasteiger partial charge on any atom is -0.353 e. The van der Waals surface area contributed by atoms with Crippen molar-refractivity contribution < 1.29 is 13.2 Å². The molecule has 6 nitrogen and oxygen atoms in total. The van der Waals surface area contributed by atoms with Gasteiger partial charge in [0, 0.05) is 37.8 Å². The molecule has 1 aliphatic heterocycles. The Bertz CT molecular complexity index is 906. The lowest BCUT2D eigenvalue weighted by atomic mass is 10.1. The lowest BCUT2D eigenvalue weighted by molar-refractivity contribution is -0.123. The van der Waals surface area contributed by atoms with E-state index < -0.39 is 10.0 Å². The van der Waals surface area contributed by atoms with Gasteiger partial charge in [0.05, 0.1) is 11.4 Å². The Kier molecular flexibility index (Phi) is 6.49. The number of hydrogen-bond donors (Lipinski definition) is 1. The summed E-state index contributed by atoms with van der Waals surface area (Å²) in [7, 11) is -3.61. The Balaban J connectivity index is 1.73. The smallest absolute Gasteiger partial charge is 0.243 e. The second-order valence-corrected chi connectivity index (χ2v) is 9.17. The fourth-order valence-electron chi connectivity index (χ4n) is 3.39. The Hall–Kier alpha value is -2.22. The monoisotopic (exact) mass is 401 g/mol. The molecule has 1 amide bonds. The van der Waals surface area contributed by atoms with Crippen LogP contribution >= 0.6 is 0 Å². The number of carbonyl (C=O) groups excluding carboxylic acids is 1. The number of carbonyl (C=O) groups is 1. The van der Waals surface area contributed by atoms with Crippen LogP contribution in [0.4, 0.5) is 0 Å². The molecule has 0 radical (unpaired) electrons. The molecule has 1 aliphatic rings. The zero-order chi connectivity index (χ0) is 20.1. The number of rotatable bonds is 6. The maximum absolute atomic E-state index is 13.3. The molecule has 28 heavy (non-hydrogen) atoms. The van der Waals surface area contributed by atoms with Crippen molar-refractivity contribution >= 4 is 15.9 Å². The van der Waals surface area contributed by atoms with Crippen molar-refractivity contribution in [3.05, 3.63) is 54.6 Å². The van der Waals surface area contributed by atoms with Crippen LogP contribution < -0.4 is 5.32 Å². The van der Waals surface area contributed by atoms with Gasteiger partial charge in [0.2, 0.25) is 15.9 Å². The van der Waals surface area contributed by atoms with Gasteiger partial charge in [-0.15, -0.1) is 0 Å². The normalized spacial score (nSPS) is 16.2. The topological polar surface area (TPSA) is 69.7 Å². The first-order valence-electron chi connectivity index (χ1n) is 9.54. The van der Waals surface area contributed by atoms with Crippen LogP contribution in [0.5, 0.6) is 0 Å². The highest BCUT2D eigenvalue weighted by atomic mass is 32.2. The molecule has 0 spiro atoms. The summed E-state index contributed by atoms with van der Waals surface area (Å²) in [6, 6.07) is 16.8. The summed E-state index contributed by atoms with van der Waals surface area (Å²) in [5.41, 5.74) is 1.59. The highest BCUT2D eigenvalue weighted by molar-refractivity contribution is 7.89. The maximum Gasteiger partial charge on any atom is 0.243 e. The molecule has 1 N–H and O–H groups in total. The average molecular weight is 402 g/mol. The summed E-state index contributed by atoms with van der Waals surface area (Å²) in [5, 5.41) is 2.87. The Morgan fingerprint density at radius 1 is 0.964 bits per heavy atom. The van der Waals surface area contributed by atoms with Crippen LogP contribution in [0.25, 0.3) is 11.1 Å². The first-order chi connectivity index (χ1) is 13.4. The number of piperazine rings is 1. The maximum atomic E-state index is 13.3. The van der Waals surface area contributed by atoms with Crippen molar-refractivity contribution in [2.24, 2.45) is 0 Å². The van der Waals surface area contributed by atoms with E-state index in [1.807, 2.05) is 61.2 Å². The molecule has 0 aliphatic carbocycles. The zero-order valence-corrected chi connectivity index (χ0v) is 17.2. The van der Waals surface area contributed by atoms with Crippen LogP contribution in [0.2, 0.25) is 0 Å². The van der Waals surface area contributed by atoms with E-state index in [0.29, 0.717) is 43.2 Å². The van der Waals surface area contributed by atoms with Crippen molar-refractivity contribution in [1.29, 1.82) is 0 Å². The quantitative estimate of drug-likeness (QED) is 0.806. The Morgan fingerprint density at radius 2 is 1.57 bits per heavy atom. The van der Waals surface area contributed by atoms with Crippen LogP contribution in [0, 0.1) is 0 Å². The summed E-state index contributed by atoms with van der Waals surface area (Å²) in [5.74, 6) is -0.0271. The van der Waals surface area contributed by atoms with Crippen molar-refractivity contribution in [3.8, 4) is 11.1 Å². The molecule has 3 rings (SSSR count). The number of nitrogens with zero attached hydrogens (tertiary/aromatic N) is 2. The molecule has 2 aromatic carbocycles. The predicted molar refractivity (Wildman–Crippen MR) is 110 cm³/mol. The van der Waals surface area contributed by atoms with E-state index in [0.717, 1.165) is 5.56 Å². The van der Waals surface area contributed by atoms with Crippen molar-refractivity contribution in [2.45, 2.75) is 24.8 Å². The van der Waals surface area contributed by atoms with E-state index in [-0.39, 0.29) is 11.9 Å². The molecule has 7 heteroatoms. The van der Waals surface area contributed by atoms with Crippen LogP contribution in [0.1, 0.15) is 13.8 Å². The lowest BCUT2D eigenvalue weighted by Crippen LogP contribution is -2.51. The minimum absolute atomic E-state index is 0.0271. The molecule has 1 saturated heterocycles. The van der Waals surface area contributed by atoms with Gasteiger partial charge in [-0.2, -0.15) is 4.31 Å². The van der Waals surface area contributed by atoms with E-state index in [2.05, 4.69) is 5.32 Å². The Morgan fingerprint density at radius 3 is 2.21 bits per heavy atom. The molecular weight excluding hydrogens is 374 g/mol. The van der Waals surface area contributed by atoms with Crippen molar-refractivity contribution in [1.82, 2.24) is 14.5 Å². The van der Waals surface area contributed by atoms with Gasteiger partial charge in [-0.25, -0.2) is 8.42 Å². The van der Waals surface area contributed by atoms with Crippen molar-refractivity contribution in [2.75, 3.05) is 32.7 Å². The SMILES string of the molecule is CC(C)NC(=O)CN1CCN(S(=O)(=O)c2ccccc2-c2ccccc2)CC1. The highest BCUT2D eigenvalue weighted by Gasteiger charge is 2.30. The van der Waals surface area contributed by atoms with E-state index in [1.165, 1.54) is 4.31 Å². The zero-order valence-electron chi connectivity index (χ0n) is 16.3. The van der Waals surface area contributed by atoms with Crippen LogP contribution in [-0.4, -0.2) is 62.3 Å². The number of amides is 1. The average Bonchev–Trinajstić information content (AvgIpc) is 2.68. The minimum atomic E-state index is -3.61. The molecule has 0 bridgehead atoms. The van der Waals surface area contributed by atoms with Gasteiger partial charge in [-0.05, 0) is 25.5 Å². The van der Waals surface area contributed by atoms with Crippen LogP contribution in [0.15, 0.2) is 59.5 Å². The molecule has 1 fully saturated rings. The molecule has 2 aromatic rings. The fourth-order valence-corrected chi connectivity index (χ4v) is 5.02. The van der Waals surface area contributed by atoms with E-state index in [4.69, 9.17) is 0 Å². The second-order valence-electron chi connectivity index (χ2n) is 7.26. The fraction of sp³-hybridized carbons (Fsp3) is 0.381. The van der Waals surface area contributed by atoms with Gasteiger partial charge >= 0.3 is 0 Å². The molecular formula is C21H27N3O3S. The first-order valence-corrected chi connectivity index (χ1v) is 11.0. The van der Waals surface area contributed by atoms with Gasteiger partial charge < -0.3 is 5.32 Å². The summed E-state index contributed by atoms with van der Waals surface area (Å²) < 4.78 is 28.1. The van der Waals surface area contributed by atoms with Gasteiger partial charge in [0.1, 0.15) is 0 Å². The summed E-state index contributed by atoms with van der Waals surface area (Å²) in [6.07, 6.45) is 0. The molecule has 0 unspecified atom stereocenters. The van der Waals surface area contributed by atoms with Gasteiger partial charge in [-0.3, -0.25) is 9.69 Å². The number of sulfonamides is 1. The molecule has 0 aromatic heterocycles. The van der Waals surface area contributed by atoms with Crippen molar-refractivity contribution in [3.63, 3.8) is 0 Å². The molecule has 0 atom stereocenters. The number of hydrogen-bond acceptors (Lipinski definition) is 4. The first kappa shape index (κ1) is 20.5. The highest BCUT2D eigenvalue weighted by Crippen LogP contribution is 2.29. The largest absolute Gasteiger partial charge is 0.353 e. The van der Waals surface area contributed by atoms with Crippen LogP contribution in [-0.2, 0) is 14.8 Å². The predicted octanol–water partition coefficient (Wildman–Crippen LogP) is 2.18. The third-order valence-electron chi connectivity index (χ3n) is 4.74. The third-order valence-corrected chi connectivity index (χ3v) is 6.69. The third kappa shape index (κ3) is 4.79. The van der Waals surface area contributed by atoms with Crippen LogP contribution in [0.3, 0.4) is 0 Å². The van der Waals surface area contributed by atoms with E-state index in [1.54, 1.807) is 12.1 Å². The standard InChI is InChI=1S/C21H27N3O3S/c1-17(2)22-21(25)16-23-12-14-24(15-13-23)28(26,27)20-11-7-6-10-19(20)18-8-4-3-5-9-18/h3-11,17H,12-16H2,1-2H3,(H,22,25). The summed E-state index contributed by atoms with van der Waals surface area (Å²) >= 11 is 0. The molecule has 150 valence electrons. The van der Waals surface area contributed by atoms with E-state index in [9.17, 15) is 13.2 Å². The number of nitrogens with one attached hydrogen (secondary N) is 1. The summed E-state index contributed by atoms with van der Waals surface area (Å²) in [6.45, 7) is 5.98. The van der Waals surface area contributed by atoms with Gasteiger partial charge in [0.25, 0.3) is 0 Å². The molecule has 1 heterocycles. The Labute approximate surface area is 167 Å². The second kappa shape index (κ2) is 8.86. The van der Waals surface area contributed by atoms with Gasteiger partial charge in [0.15, 0.2) is 0 Å². The lowest BCUT2D eigenvalue weighted by Gasteiger charge is -2.34. The van der Waals surface area contributed by atoms with Gasteiger partial charge in [-0.1, -0.05) is 48.5 Å².